The van der Waals surface area contributed by atoms with Gasteiger partial charge in [-0.05, 0) is 79.3 Å². The Morgan fingerprint density at radius 2 is 1.54 bits per heavy atom. The van der Waals surface area contributed by atoms with E-state index in [9.17, 15) is 14.7 Å². The molecule has 41 heavy (non-hydrogen) atoms. The molecule has 1 atom stereocenters. The molecule has 5 rings (SSSR count). The normalized spacial score (nSPS) is 14.2. The van der Waals surface area contributed by atoms with E-state index < -0.39 is 5.97 Å². The summed E-state index contributed by atoms with van der Waals surface area (Å²) in [4.78, 5) is 27.6. The first-order chi connectivity index (χ1) is 19.9. The predicted molar refractivity (Wildman–Crippen MR) is 156 cm³/mol. The van der Waals surface area contributed by atoms with Crippen LogP contribution in [-0.2, 0) is 19.4 Å². The van der Waals surface area contributed by atoms with Gasteiger partial charge >= 0.3 is 5.97 Å². The van der Waals surface area contributed by atoms with Crippen molar-refractivity contribution < 1.29 is 28.9 Å². The second kappa shape index (κ2) is 12.2. The number of hydrogen-bond acceptors (Lipinski definition) is 5. The van der Waals surface area contributed by atoms with Gasteiger partial charge in [-0.15, -0.1) is 0 Å². The van der Waals surface area contributed by atoms with Crippen molar-refractivity contribution in [2.75, 3.05) is 14.2 Å². The largest absolute Gasteiger partial charge is 0.496 e. The second-order valence-electron chi connectivity index (χ2n) is 10.2. The lowest BCUT2D eigenvalue weighted by molar-refractivity contribution is 0.0627. The number of fused-ring (bicyclic) bond motifs is 1. The number of methoxy groups -OCH3 is 2. The molecular formula is C34H33NO6. The molecule has 0 radical (unpaired) electrons. The molecule has 210 valence electrons. The smallest absolute Gasteiger partial charge is 0.339 e. The second-order valence-corrected chi connectivity index (χ2v) is 10.2. The number of rotatable bonds is 9. The Bertz CT molecular complexity index is 1540. The molecule has 4 aromatic carbocycles. The van der Waals surface area contributed by atoms with E-state index in [2.05, 4.69) is 12.1 Å². The van der Waals surface area contributed by atoms with Gasteiger partial charge in [0.1, 0.15) is 28.6 Å². The average Bonchev–Trinajstić information content (AvgIpc) is 3.00. The Balaban J connectivity index is 1.46. The molecule has 1 aliphatic heterocycles. The van der Waals surface area contributed by atoms with Gasteiger partial charge in [-0.1, -0.05) is 48.5 Å². The van der Waals surface area contributed by atoms with Gasteiger partial charge in [0.05, 0.1) is 14.2 Å². The van der Waals surface area contributed by atoms with Crippen molar-refractivity contribution in [3.8, 4) is 23.0 Å². The topological polar surface area (TPSA) is 85.3 Å². The number of amides is 1. The van der Waals surface area contributed by atoms with Crippen LogP contribution < -0.4 is 14.2 Å². The lowest BCUT2D eigenvalue weighted by atomic mass is 9.89. The van der Waals surface area contributed by atoms with Gasteiger partial charge in [0.25, 0.3) is 5.91 Å². The molecule has 7 nitrogen and oxygen atoms in total. The number of nitrogens with zero attached hydrogens (tertiary/aromatic N) is 1. The van der Waals surface area contributed by atoms with Crippen molar-refractivity contribution in [3.63, 3.8) is 0 Å². The van der Waals surface area contributed by atoms with E-state index in [1.807, 2.05) is 48.2 Å². The maximum absolute atomic E-state index is 14.0. The minimum Gasteiger partial charge on any atom is -0.496 e. The minimum atomic E-state index is -1.04. The monoisotopic (exact) mass is 551 g/mol. The van der Waals surface area contributed by atoms with E-state index >= 15 is 0 Å². The number of carbonyl (C=O) groups excluding carboxylic acids is 1. The maximum Gasteiger partial charge on any atom is 0.339 e. The van der Waals surface area contributed by atoms with Gasteiger partial charge in [0, 0.05) is 23.7 Å². The Morgan fingerprint density at radius 3 is 2.22 bits per heavy atom. The van der Waals surface area contributed by atoms with Crippen LogP contribution in [0.25, 0.3) is 0 Å². The van der Waals surface area contributed by atoms with E-state index in [1.165, 1.54) is 11.6 Å². The fraction of sp³-hybridized carbons (Fsp3) is 0.235. The zero-order chi connectivity index (χ0) is 28.9. The molecule has 0 fully saturated rings. The zero-order valence-corrected chi connectivity index (χ0v) is 23.4. The summed E-state index contributed by atoms with van der Waals surface area (Å²) in [5.74, 6) is 0.935. The molecule has 1 N–H and O–H groups in total. The molecule has 7 heteroatoms. The van der Waals surface area contributed by atoms with Gasteiger partial charge in [0.15, 0.2) is 0 Å². The summed E-state index contributed by atoms with van der Waals surface area (Å²) in [7, 11) is 3.18. The number of carboxylic acid groups (broad SMARTS) is 1. The van der Waals surface area contributed by atoms with Crippen molar-refractivity contribution in [2.24, 2.45) is 0 Å². The Morgan fingerprint density at radius 1 is 0.854 bits per heavy atom. The Kier molecular flexibility index (Phi) is 8.24. The van der Waals surface area contributed by atoms with Crippen LogP contribution in [-0.4, -0.2) is 42.1 Å². The van der Waals surface area contributed by atoms with Crippen molar-refractivity contribution in [3.05, 3.63) is 118 Å². The molecular weight excluding hydrogens is 518 g/mol. The van der Waals surface area contributed by atoms with Crippen molar-refractivity contribution >= 4 is 11.9 Å². The van der Waals surface area contributed by atoms with Gasteiger partial charge in [-0.25, -0.2) is 4.79 Å². The Hall–Kier alpha value is -4.78. The van der Waals surface area contributed by atoms with E-state index in [1.54, 1.807) is 44.6 Å². The highest BCUT2D eigenvalue weighted by molar-refractivity contribution is 5.96. The molecule has 0 spiro atoms. The zero-order valence-electron chi connectivity index (χ0n) is 23.4. The molecule has 0 saturated carbocycles. The minimum absolute atomic E-state index is 0.0601. The van der Waals surface area contributed by atoms with E-state index in [4.69, 9.17) is 14.2 Å². The van der Waals surface area contributed by atoms with Crippen LogP contribution >= 0.6 is 0 Å². The molecule has 1 heterocycles. The highest BCUT2D eigenvalue weighted by Gasteiger charge is 2.31. The van der Waals surface area contributed by atoms with Gasteiger partial charge in [-0.3, -0.25) is 4.79 Å². The number of carboxylic acids is 1. The number of carbonyl (C=O) groups is 2. The molecule has 0 aliphatic carbocycles. The number of aromatic carboxylic acids is 1. The van der Waals surface area contributed by atoms with Gasteiger partial charge < -0.3 is 24.2 Å². The van der Waals surface area contributed by atoms with Crippen LogP contribution in [0.3, 0.4) is 0 Å². The van der Waals surface area contributed by atoms with Crippen LogP contribution in [0, 0.1) is 6.92 Å². The average molecular weight is 552 g/mol. The van der Waals surface area contributed by atoms with E-state index in [0.29, 0.717) is 35.8 Å². The summed E-state index contributed by atoms with van der Waals surface area (Å²) in [6.07, 6.45) is 2.25. The molecule has 1 amide bonds. The Labute approximate surface area is 239 Å². The summed E-state index contributed by atoms with van der Waals surface area (Å²) >= 11 is 0. The van der Waals surface area contributed by atoms with Gasteiger partial charge in [-0.2, -0.15) is 0 Å². The molecule has 0 aromatic heterocycles. The van der Waals surface area contributed by atoms with E-state index in [0.717, 1.165) is 29.5 Å². The third kappa shape index (κ3) is 6.04. The first kappa shape index (κ1) is 27.8. The highest BCUT2D eigenvalue weighted by Crippen LogP contribution is 2.35. The highest BCUT2D eigenvalue weighted by atomic mass is 16.5. The van der Waals surface area contributed by atoms with Crippen LogP contribution in [0.15, 0.2) is 84.9 Å². The fourth-order valence-corrected chi connectivity index (χ4v) is 5.39. The number of ether oxygens (including phenoxy) is 3. The van der Waals surface area contributed by atoms with Crippen LogP contribution in [0.5, 0.6) is 23.0 Å². The van der Waals surface area contributed by atoms with Crippen LogP contribution in [0.2, 0.25) is 0 Å². The third-order valence-corrected chi connectivity index (χ3v) is 7.63. The van der Waals surface area contributed by atoms with Crippen LogP contribution in [0.1, 0.15) is 49.4 Å². The summed E-state index contributed by atoms with van der Waals surface area (Å²) in [5, 5.41) is 9.55. The first-order valence-corrected chi connectivity index (χ1v) is 13.6. The number of aryl methyl sites for hydroxylation is 1. The predicted octanol–water partition coefficient (Wildman–Crippen LogP) is 6.70. The molecule has 0 bridgehead atoms. The summed E-state index contributed by atoms with van der Waals surface area (Å²) in [6, 6.07) is 26.1. The van der Waals surface area contributed by atoms with Gasteiger partial charge in [0.2, 0.25) is 0 Å². The van der Waals surface area contributed by atoms with Crippen molar-refractivity contribution in [1.82, 2.24) is 4.90 Å². The maximum atomic E-state index is 14.0. The summed E-state index contributed by atoms with van der Waals surface area (Å²) in [6.45, 7) is 2.35. The number of hydrogen-bond donors (Lipinski definition) is 1. The third-order valence-electron chi connectivity index (χ3n) is 7.63. The lowest BCUT2D eigenvalue weighted by Gasteiger charge is -2.37. The van der Waals surface area contributed by atoms with Crippen LogP contribution in [0.4, 0.5) is 0 Å². The van der Waals surface area contributed by atoms with E-state index in [-0.39, 0.29) is 23.3 Å². The first-order valence-electron chi connectivity index (χ1n) is 13.6. The molecule has 1 aliphatic rings. The van der Waals surface area contributed by atoms with Crippen molar-refractivity contribution in [2.45, 2.75) is 38.8 Å². The molecule has 1 unspecified atom stereocenters. The molecule has 0 saturated heterocycles. The lowest BCUT2D eigenvalue weighted by Crippen LogP contribution is -2.44. The summed E-state index contributed by atoms with van der Waals surface area (Å²) < 4.78 is 17.1. The standard InChI is InChI=1S/C34H33NO6/c1-22-31(39-2)19-26(20-32(22)40-3)33(36)35-21-24-14-16-28(41-30-12-8-7-11-29(30)34(37)38)18-25(24)17-27(35)15-13-23-9-5-4-6-10-23/h4-12,14,16,18-20,27H,13,15,17,21H2,1-3H3,(H,37,38). The number of para-hydroxylation sites is 1. The fourth-order valence-electron chi connectivity index (χ4n) is 5.39. The quantitative estimate of drug-likeness (QED) is 0.249. The number of benzene rings is 4. The summed E-state index contributed by atoms with van der Waals surface area (Å²) in [5.41, 5.74) is 4.78. The molecule has 4 aromatic rings. The SMILES string of the molecule is COc1cc(C(=O)N2Cc3ccc(Oc4ccccc4C(=O)O)cc3CC2CCc2ccccc2)cc(OC)c1C. The van der Waals surface area contributed by atoms with Crippen molar-refractivity contribution in [1.29, 1.82) is 0 Å².